The van der Waals surface area contributed by atoms with Crippen LogP contribution in [-0.2, 0) is 0 Å². The fourth-order valence-electron chi connectivity index (χ4n) is 2.38. The molecular formula is C13H28N2S. The number of likely N-dealkylation sites (N-methyl/N-ethyl adjacent to an activating group) is 1. The van der Waals surface area contributed by atoms with Crippen LogP contribution in [0, 0.1) is 5.41 Å². The summed E-state index contributed by atoms with van der Waals surface area (Å²) in [7, 11) is 2.27. The third-order valence-corrected chi connectivity index (χ3v) is 4.42. The molecule has 0 radical (unpaired) electrons. The summed E-state index contributed by atoms with van der Waals surface area (Å²) in [4.78, 5) is 2.54. The van der Waals surface area contributed by atoms with Gasteiger partial charge in [0.1, 0.15) is 0 Å². The number of rotatable bonds is 4. The molecule has 0 spiro atoms. The molecule has 1 fully saturated rings. The summed E-state index contributed by atoms with van der Waals surface area (Å²) < 4.78 is 0. The van der Waals surface area contributed by atoms with Crippen LogP contribution in [0.2, 0.25) is 0 Å². The Labute approximate surface area is 106 Å². The topological polar surface area (TPSA) is 15.3 Å². The van der Waals surface area contributed by atoms with Gasteiger partial charge in [-0.3, -0.25) is 0 Å². The molecule has 1 N–H and O–H groups in total. The molecular weight excluding hydrogens is 216 g/mol. The van der Waals surface area contributed by atoms with Gasteiger partial charge in [0.05, 0.1) is 0 Å². The third-order valence-electron chi connectivity index (χ3n) is 3.38. The van der Waals surface area contributed by atoms with Crippen LogP contribution in [0.25, 0.3) is 0 Å². The van der Waals surface area contributed by atoms with Gasteiger partial charge in [-0.05, 0) is 25.4 Å². The van der Waals surface area contributed by atoms with Gasteiger partial charge in [0.25, 0.3) is 0 Å². The monoisotopic (exact) mass is 244 g/mol. The van der Waals surface area contributed by atoms with Gasteiger partial charge in [-0.15, -0.1) is 0 Å². The summed E-state index contributed by atoms with van der Waals surface area (Å²) >= 11 is 2.10. The van der Waals surface area contributed by atoms with E-state index in [1.165, 1.54) is 24.5 Å². The highest BCUT2D eigenvalue weighted by molar-refractivity contribution is 7.99. The first-order valence-electron chi connectivity index (χ1n) is 6.48. The van der Waals surface area contributed by atoms with Crippen molar-refractivity contribution in [1.82, 2.24) is 10.2 Å². The summed E-state index contributed by atoms with van der Waals surface area (Å²) in [5.41, 5.74) is 0.339. The predicted molar refractivity (Wildman–Crippen MR) is 75.3 cm³/mol. The quantitative estimate of drug-likeness (QED) is 0.818. The third kappa shape index (κ3) is 3.94. The number of nitrogens with zero attached hydrogens (tertiary/aromatic N) is 1. The first-order chi connectivity index (χ1) is 7.46. The van der Waals surface area contributed by atoms with E-state index in [2.05, 4.69) is 56.7 Å². The van der Waals surface area contributed by atoms with Crippen LogP contribution in [0.3, 0.4) is 0 Å². The highest BCUT2D eigenvalue weighted by Crippen LogP contribution is 2.28. The Morgan fingerprint density at radius 1 is 1.44 bits per heavy atom. The molecule has 96 valence electrons. The van der Waals surface area contributed by atoms with Gasteiger partial charge in [-0.1, -0.05) is 27.7 Å². The molecule has 0 aromatic carbocycles. The molecule has 1 rings (SSSR count). The summed E-state index contributed by atoms with van der Waals surface area (Å²) in [6.45, 7) is 11.7. The van der Waals surface area contributed by atoms with Crippen LogP contribution in [0.15, 0.2) is 0 Å². The number of hydrogen-bond acceptors (Lipinski definition) is 3. The number of thioether (sulfide) groups is 1. The molecule has 1 heterocycles. The van der Waals surface area contributed by atoms with Crippen molar-refractivity contribution in [1.29, 1.82) is 0 Å². The zero-order chi connectivity index (χ0) is 12.2. The van der Waals surface area contributed by atoms with Gasteiger partial charge in [-0.25, -0.2) is 0 Å². The summed E-state index contributed by atoms with van der Waals surface area (Å²) in [5, 5.41) is 3.75. The minimum absolute atomic E-state index is 0.339. The van der Waals surface area contributed by atoms with Crippen LogP contribution >= 0.6 is 11.8 Å². The molecule has 0 aromatic heterocycles. The molecule has 2 nitrogen and oxygen atoms in total. The van der Waals surface area contributed by atoms with Gasteiger partial charge in [0.2, 0.25) is 0 Å². The second-order valence-corrected chi connectivity index (χ2v) is 7.07. The molecule has 0 aliphatic carbocycles. The highest BCUT2D eigenvalue weighted by atomic mass is 32.2. The lowest BCUT2D eigenvalue weighted by Gasteiger charge is -2.44. The average Bonchev–Trinajstić information content (AvgIpc) is 2.19. The maximum absolute atomic E-state index is 3.75. The van der Waals surface area contributed by atoms with Gasteiger partial charge in [0.15, 0.2) is 0 Å². The molecule has 0 aromatic rings. The Morgan fingerprint density at radius 2 is 2.12 bits per heavy atom. The first-order valence-corrected chi connectivity index (χ1v) is 7.63. The Balaban J connectivity index is 2.66. The van der Waals surface area contributed by atoms with E-state index >= 15 is 0 Å². The second kappa shape index (κ2) is 6.27. The second-order valence-electron chi connectivity index (χ2n) is 5.92. The van der Waals surface area contributed by atoms with Crippen molar-refractivity contribution in [2.45, 2.75) is 46.2 Å². The Hall–Kier alpha value is 0.270. The van der Waals surface area contributed by atoms with E-state index in [0.717, 1.165) is 6.54 Å². The normalized spacial score (nSPS) is 25.7. The average molecular weight is 244 g/mol. The zero-order valence-corrected chi connectivity index (χ0v) is 12.4. The molecule has 2 unspecified atom stereocenters. The van der Waals surface area contributed by atoms with E-state index in [0.29, 0.717) is 17.5 Å². The lowest BCUT2D eigenvalue weighted by atomic mass is 9.82. The van der Waals surface area contributed by atoms with Crippen molar-refractivity contribution in [3.05, 3.63) is 0 Å². The van der Waals surface area contributed by atoms with Crippen molar-refractivity contribution in [3.8, 4) is 0 Å². The SMILES string of the molecule is CCCNC(C1CSCCN1C)C(C)(C)C. The lowest BCUT2D eigenvalue weighted by Crippen LogP contribution is -2.58. The van der Waals surface area contributed by atoms with E-state index in [4.69, 9.17) is 0 Å². The summed E-state index contributed by atoms with van der Waals surface area (Å²) in [6, 6.07) is 1.29. The van der Waals surface area contributed by atoms with E-state index in [9.17, 15) is 0 Å². The largest absolute Gasteiger partial charge is 0.312 e. The van der Waals surface area contributed by atoms with E-state index in [-0.39, 0.29) is 0 Å². The predicted octanol–water partition coefficient (Wildman–Crippen LogP) is 2.45. The summed E-state index contributed by atoms with van der Waals surface area (Å²) in [6.07, 6.45) is 1.22. The first kappa shape index (κ1) is 14.3. The molecule has 3 heteroatoms. The number of nitrogens with one attached hydrogen (secondary N) is 1. The van der Waals surface area contributed by atoms with Crippen molar-refractivity contribution in [3.63, 3.8) is 0 Å². The highest BCUT2D eigenvalue weighted by Gasteiger charge is 2.35. The van der Waals surface area contributed by atoms with E-state index < -0.39 is 0 Å². The molecule has 0 amide bonds. The van der Waals surface area contributed by atoms with Crippen LogP contribution in [0.4, 0.5) is 0 Å². The van der Waals surface area contributed by atoms with Crippen LogP contribution in [0.1, 0.15) is 34.1 Å². The Kier molecular flexibility index (Phi) is 5.62. The van der Waals surface area contributed by atoms with Crippen molar-refractivity contribution in [2.75, 3.05) is 31.6 Å². The van der Waals surface area contributed by atoms with Gasteiger partial charge >= 0.3 is 0 Å². The Bertz CT molecular complexity index is 201. The molecule has 0 bridgehead atoms. The van der Waals surface area contributed by atoms with Gasteiger partial charge < -0.3 is 10.2 Å². The minimum atomic E-state index is 0.339. The molecule has 0 saturated carbocycles. The standard InChI is InChI=1S/C13H28N2S/c1-6-7-14-12(13(2,3)4)11-10-16-9-8-15(11)5/h11-12,14H,6-10H2,1-5H3. The fraction of sp³-hybridized carbons (Fsp3) is 1.00. The number of hydrogen-bond donors (Lipinski definition) is 1. The van der Waals surface area contributed by atoms with Gasteiger partial charge in [0, 0.05) is 30.1 Å². The maximum Gasteiger partial charge on any atom is 0.0342 e. The van der Waals surface area contributed by atoms with E-state index in [1.807, 2.05) is 0 Å². The molecule has 1 aliphatic heterocycles. The molecule has 1 aliphatic rings. The summed E-state index contributed by atoms with van der Waals surface area (Å²) in [5.74, 6) is 2.56. The maximum atomic E-state index is 3.75. The van der Waals surface area contributed by atoms with Crippen LogP contribution in [0.5, 0.6) is 0 Å². The Morgan fingerprint density at radius 3 is 2.62 bits per heavy atom. The lowest BCUT2D eigenvalue weighted by molar-refractivity contribution is 0.137. The fourth-order valence-corrected chi connectivity index (χ4v) is 3.65. The molecule has 16 heavy (non-hydrogen) atoms. The van der Waals surface area contributed by atoms with Crippen LogP contribution < -0.4 is 5.32 Å². The van der Waals surface area contributed by atoms with Crippen LogP contribution in [-0.4, -0.2) is 48.6 Å². The zero-order valence-electron chi connectivity index (χ0n) is 11.5. The smallest absolute Gasteiger partial charge is 0.0342 e. The molecule has 1 saturated heterocycles. The van der Waals surface area contributed by atoms with Gasteiger partial charge in [-0.2, -0.15) is 11.8 Å². The van der Waals surface area contributed by atoms with E-state index in [1.54, 1.807) is 0 Å². The van der Waals surface area contributed by atoms with Crippen molar-refractivity contribution >= 4 is 11.8 Å². The van der Waals surface area contributed by atoms with Crippen molar-refractivity contribution < 1.29 is 0 Å². The van der Waals surface area contributed by atoms with Crippen molar-refractivity contribution in [2.24, 2.45) is 5.41 Å². The molecule has 2 atom stereocenters. The minimum Gasteiger partial charge on any atom is -0.312 e.